The lowest BCUT2D eigenvalue weighted by Gasteiger charge is -2.41. The number of benzene rings is 2. The maximum atomic E-state index is 13.5. The van der Waals surface area contributed by atoms with Crippen LogP contribution < -0.4 is 10.3 Å². The fraction of sp³-hybridized carbons (Fsp3) is 0.407. The normalized spacial score (nSPS) is 19.2. The first-order chi connectivity index (χ1) is 17.2. The number of pyridine rings is 1. The number of aryl methyl sites for hydroxylation is 2. The number of hydrogen-bond donors (Lipinski definition) is 0. The second-order valence-electron chi connectivity index (χ2n) is 9.90. The van der Waals surface area contributed by atoms with E-state index in [0.717, 1.165) is 18.5 Å². The van der Waals surface area contributed by atoms with Crippen LogP contribution >= 0.6 is 0 Å². The third kappa shape index (κ3) is 4.30. The van der Waals surface area contributed by atoms with E-state index in [2.05, 4.69) is 43.0 Å². The Morgan fingerprint density at radius 2 is 1.67 bits per heavy atom. The zero-order valence-corrected chi connectivity index (χ0v) is 21.8. The van der Waals surface area contributed by atoms with E-state index in [9.17, 15) is 18.0 Å². The Bertz CT molecular complexity index is 1470. The molecule has 1 atom stereocenters. The Morgan fingerprint density at radius 1 is 0.972 bits per heavy atom. The van der Waals surface area contributed by atoms with Crippen molar-refractivity contribution in [3.8, 4) is 0 Å². The molecule has 2 aliphatic heterocycles. The molecule has 9 heteroatoms. The van der Waals surface area contributed by atoms with Crippen LogP contribution in [0.5, 0.6) is 0 Å². The molecule has 0 N–H and O–H groups in total. The predicted molar refractivity (Wildman–Crippen MR) is 141 cm³/mol. The summed E-state index contributed by atoms with van der Waals surface area (Å²) in [5, 5.41) is 0.245. The Hall–Kier alpha value is -3.17. The number of carbonyl (C=O) groups excluding carboxylic acids is 1. The summed E-state index contributed by atoms with van der Waals surface area (Å²) < 4.78 is 29.3. The third-order valence-corrected chi connectivity index (χ3v) is 9.27. The number of rotatable bonds is 4. The SMILES string of the molecule is Cc1ccc(N2CCN(C(=O)c3cn(C)c4ccc(S(=O)(=O)N5CCCC5)cc4c3=O)C[C@H]2C)cc1. The summed E-state index contributed by atoms with van der Waals surface area (Å²) in [6.07, 6.45) is 3.24. The number of anilines is 1. The average Bonchev–Trinajstić information content (AvgIpc) is 3.42. The molecule has 0 spiro atoms. The van der Waals surface area contributed by atoms with Gasteiger partial charge in [0.25, 0.3) is 5.91 Å². The van der Waals surface area contributed by atoms with Crippen LogP contribution in [0.3, 0.4) is 0 Å². The highest BCUT2D eigenvalue weighted by molar-refractivity contribution is 7.89. The molecule has 2 aromatic carbocycles. The Kier molecular flexibility index (Phi) is 6.38. The summed E-state index contributed by atoms with van der Waals surface area (Å²) in [6.45, 7) is 6.78. The van der Waals surface area contributed by atoms with E-state index in [1.54, 1.807) is 34.8 Å². The molecule has 0 aliphatic carbocycles. The molecule has 0 bridgehead atoms. The Balaban J connectivity index is 1.44. The van der Waals surface area contributed by atoms with Crippen molar-refractivity contribution in [1.82, 2.24) is 13.8 Å². The molecular weight excluding hydrogens is 476 g/mol. The number of carbonyl (C=O) groups is 1. The molecule has 0 radical (unpaired) electrons. The van der Waals surface area contributed by atoms with E-state index >= 15 is 0 Å². The summed E-state index contributed by atoms with van der Waals surface area (Å²) in [6, 6.07) is 13.1. The van der Waals surface area contributed by atoms with Gasteiger partial charge in [-0.2, -0.15) is 4.31 Å². The first-order valence-corrected chi connectivity index (χ1v) is 13.9. The van der Waals surface area contributed by atoms with Gasteiger partial charge >= 0.3 is 0 Å². The number of aromatic nitrogens is 1. The maximum Gasteiger partial charge on any atom is 0.259 e. The van der Waals surface area contributed by atoms with Crippen molar-refractivity contribution in [2.75, 3.05) is 37.6 Å². The second kappa shape index (κ2) is 9.37. The van der Waals surface area contributed by atoms with Crippen LogP contribution in [0.4, 0.5) is 5.69 Å². The molecule has 36 heavy (non-hydrogen) atoms. The summed E-state index contributed by atoms with van der Waals surface area (Å²) in [5.41, 5.74) is 2.55. The van der Waals surface area contributed by atoms with Gasteiger partial charge in [-0.1, -0.05) is 17.7 Å². The molecule has 3 aromatic rings. The van der Waals surface area contributed by atoms with Crippen molar-refractivity contribution in [3.05, 3.63) is 70.0 Å². The lowest BCUT2D eigenvalue weighted by Crippen LogP contribution is -2.54. The van der Waals surface area contributed by atoms with E-state index in [1.807, 2.05) is 0 Å². The van der Waals surface area contributed by atoms with Gasteiger partial charge in [0.05, 0.1) is 10.4 Å². The number of piperazine rings is 1. The van der Waals surface area contributed by atoms with Gasteiger partial charge in [-0.25, -0.2) is 8.42 Å². The van der Waals surface area contributed by atoms with Crippen LogP contribution in [0.2, 0.25) is 0 Å². The van der Waals surface area contributed by atoms with Crippen molar-refractivity contribution >= 4 is 32.5 Å². The monoisotopic (exact) mass is 508 g/mol. The van der Waals surface area contributed by atoms with E-state index in [1.165, 1.54) is 15.9 Å². The zero-order chi connectivity index (χ0) is 25.6. The molecule has 5 rings (SSSR count). The molecule has 3 heterocycles. The molecule has 2 fully saturated rings. The van der Waals surface area contributed by atoms with Gasteiger partial charge in [0.1, 0.15) is 5.56 Å². The number of sulfonamides is 1. The van der Waals surface area contributed by atoms with Gasteiger partial charge in [0, 0.05) is 63.1 Å². The highest BCUT2D eigenvalue weighted by Gasteiger charge is 2.30. The van der Waals surface area contributed by atoms with E-state index in [-0.39, 0.29) is 27.8 Å². The van der Waals surface area contributed by atoms with E-state index in [4.69, 9.17) is 0 Å². The van der Waals surface area contributed by atoms with Crippen LogP contribution in [0.25, 0.3) is 10.9 Å². The van der Waals surface area contributed by atoms with Gasteiger partial charge in [0.2, 0.25) is 15.5 Å². The third-order valence-electron chi connectivity index (χ3n) is 7.37. The minimum Gasteiger partial charge on any atom is -0.365 e. The highest BCUT2D eigenvalue weighted by Crippen LogP contribution is 2.25. The molecule has 190 valence electrons. The van der Waals surface area contributed by atoms with Crippen LogP contribution in [0, 0.1) is 6.92 Å². The van der Waals surface area contributed by atoms with Crippen LogP contribution in [0.15, 0.2) is 58.4 Å². The fourth-order valence-electron chi connectivity index (χ4n) is 5.29. The number of hydrogen-bond acceptors (Lipinski definition) is 5. The Morgan fingerprint density at radius 3 is 2.33 bits per heavy atom. The largest absolute Gasteiger partial charge is 0.365 e. The minimum atomic E-state index is -3.67. The molecule has 1 amide bonds. The van der Waals surface area contributed by atoms with Gasteiger partial charge < -0.3 is 14.4 Å². The Labute approximate surface area is 211 Å². The van der Waals surface area contributed by atoms with Crippen molar-refractivity contribution < 1.29 is 13.2 Å². The van der Waals surface area contributed by atoms with Crippen LogP contribution in [0.1, 0.15) is 35.7 Å². The minimum absolute atomic E-state index is 0.0664. The first kappa shape index (κ1) is 24.5. The molecule has 2 aliphatic rings. The topological polar surface area (TPSA) is 82.9 Å². The van der Waals surface area contributed by atoms with Gasteiger partial charge in [-0.05, 0) is 57.0 Å². The predicted octanol–water partition coefficient (Wildman–Crippen LogP) is 2.98. The standard InChI is InChI=1S/C27H32N4O4S/c1-19-6-8-21(9-7-19)31-15-14-29(17-20(31)2)27(33)24-18-28(3)25-11-10-22(16-23(25)26(24)32)36(34,35)30-12-4-5-13-30/h6-11,16,18,20H,4-5,12-15,17H2,1-3H3/t20-/m1/s1. The van der Waals surface area contributed by atoms with E-state index < -0.39 is 15.5 Å². The van der Waals surface area contributed by atoms with Crippen molar-refractivity contribution in [3.63, 3.8) is 0 Å². The summed E-state index contributed by atoms with van der Waals surface area (Å²) in [5.74, 6) is -0.319. The lowest BCUT2D eigenvalue weighted by atomic mass is 10.1. The smallest absolute Gasteiger partial charge is 0.259 e. The van der Waals surface area contributed by atoms with Crippen LogP contribution in [-0.4, -0.2) is 66.9 Å². The molecular formula is C27H32N4O4S. The zero-order valence-electron chi connectivity index (χ0n) is 21.0. The lowest BCUT2D eigenvalue weighted by molar-refractivity contribution is 0.0724. The number of amides is 1. The van der Waals surface area contributed by atoms with Crippen LogP contribution in [-0.2, 0) is 17.1 Å². The molecule has 0 unspecified atom stereocenters. The van der Waals surface area contributed by atoms with Crippen molar-refractivity contribution in [1.29, 1.82) is 0 Å². The summed E-state index contributed by atoms with van der Waals surface area (Å²) in [7, 11) is -1.90. The molecule has 8 nitrogen and oxygen atoms in total. The number of fused-ring (bicyclic) bond motifs is 1. The van der Waals surface area contributed by atoms with Gasteiger partial charge in [0.15, 0.2) is 0 Å². The molecule has 2 saturated heterocycles. The quantitative estimate of drug-likeness (QED) is 0.541. The van der Waals surface area contributed by atoms with Crippen molar-refractivity contribution in [2.24, 2.45) is 7.05 Å². The van der Waals surface area contributed by atoms with E-state index in [0.29, 0.717) is 38.2 Å². The summed E-state index contributed by atoms with van der Waals surface area (Å²) >= 11 is 0. The fourth-order valence-corrected chi connectivity index (χ4v) is 6.84. The first-order valence-electron chi connectivity index (χ1n) is 12.4. The molecule has 0 saturated carbocycles. The van der Waals surface area contributed by atoms with Gasteiger partial charge in [-0.3, -0.25) is 9.59 Å². The highest BCUT2D eigenvalue weighted by atomic mass is 32.2. The van der Waals surface area contributed by atoms with Crippen molar-refractivity contribution in [2.45, 2.75) is 37.6 Å². The maximum absolute atomic E-state index is 13.5. The number of nitrogens with zero attached hydrogens (tertiary/aromatic N) is 4. The molecule has 1 aromatic heterocycles. The average molecular weight is 509 g/mol. The second-order valence-corrected chi connectivity index (χ2v) is 11.8. The summed E-state index contributed by atoms with van der Waals surface area (Å²) in [4.78, 5) is 31.1. The van der Waals surface area contributed by atoms with Gasteiger partial charge in [-0.15, -0.1) is 0 Å².